The lowest BCUT2D eigenvalue weighted by Crippen LogP contribution is -2.20. The second-order valence-electron chi connectivity index (χ2n) is 6.59. The minimum absolute atomic E-state index is 0. The Balaban J connectivity index is 0.00000169. The molecule has 1 aromatic heterocycles. The van der Waals surface area contributed by atoms with E-state index in [1.54, 1.807) is 0 Å². The Labute approximate surface area is 148 Å². The van der Waals surface area contributed by atoms with Crippen LogP contribution in [0.2, 0.25) is 0 Å². The maximum Gasteiger partial charge on any atom is 0.318 e. The van der Waals surface area contributed by atoms with Crippen molar-refractivity contribution in [2.75, 3.05) is 18.0 Å². The van der Waals surface area contributed by atoms with Crippen molar-refractivity contribution in [3.05, 3.63) is 53.9 Å². The molecule has 0 bridgehead atoms. The number of nitrogens with two attached hydrogens (primary N) is 1. The summed E-state index contributed by atoms with van der Waals surface area (Å²) in [6.07, 6.45) is 7.61. The van der Waals surface area contributed by atoms with Crippen LogP contribution in [-0.4, -0.2) is 23.3 Å². The number of aromatic nitrogens is 2. The second-order valence-corrected chi connectivity index (χ2v) is 6.59. The van der Waals surface area contributed by atoms with E-state index < -0.39 is 0 Å². The molecule has 2 N–H and O–H groups in total. The fourth-order valence-corrected chi connectivity index (χ4v) is 3.63. The number of allylic oxidation sites excluding steroid dienone is 2. The van der Waals surface area contributed by atoms with E-state index in [4.69, 9.17) is 10.2 Å². The first-order valence-corrected chi connectivity index (χ1v) is 8.32. The Bertz CT molecular complexity index is 671. The third-order valence-electron chi connectivity index (χ3n) is 4.94. The number of anilines is 1. The first kappa shape index (κ1) is 17.0. The maximum absolute atomic E-state index is 6.23. The van der Waals surface area contributed by atoms with Gasteiger partial charge in [0.2, 0.25) is 5.89 Å². The summed E-state index contributed by atoms with van der Waals surface area (Å²) in [7, 11) is 0. The van der Waals surface area contributed by atoms with E-state index in [1.807, 2.05) is 18.2 Å². The molecule has 0 unspecified atom stereocenters. The molecule has 1 aliphatic carbocycles. The second kappa shape index (κ2) is 7.36. The van der Waals surface area contributed by atoms with Crippen molar-refractivity contribution in [3.8, 4) is 0 Å². The van der Waals surface area contributed by atoms with Crippen LogP contribution in [0, 0.1) is 11.8 Å². The maximum atomic E-state index is 6.23. The highest BCUT2D eigenvalue weighted by Gasteiger charge is 2.35. The molecule has 1 saturated heterocycles. The molecular weight excluding hydrogens is 324 g/mol. The van der Waals surface area contributed by atoms with Crippen LogP contribution in [0.4, 0.5) is 6.01 Å². The van der Waals surface area contributed by atoms with Crippen LogP contribution in [-0.2, 0) is 6.42 Å². The van der Waals surface area contributed by atoms with E-state index in [0.29, 0.717) is 30.2 Å². The normalized spacial score (nSPS) is 23.6. The molecule has 0 spiro atoms. The zero-order chi connectivity index (χ0) is 15.6. The molecule has 0 amide bonds. The van der Waals surface area contributed by atoms with Gasteiger partial charge in [-0.25, -0.2) is 0 Å². The van der Waals surface area contributed by atoms with Crippen molar-refractivity contribution < 1.29 is 4.42 Å². The number of benzene rings is 1. The lowest BCUT2D eigenvalue weighted by molar-refractivity contribution is 0.411. The number of fused-ring (bicyclic) bond motifs is 1. The molecule has 1 aromatic carbocycles. The van der Waals surface area contributed by atoms with Gasteiger partial charge >= 0.3 is 6.01 Å². The highest BCUT2D eigenvalue weighted by molar-refractivity contribution is 5.85. The molecule has 1 fully saturated rings. The molecule has 1 aliphatic heterocycles. The van der Waals surface area contributed by atoms with Crippen molar-refractivity contribution in [1.82, 2.24) is 10.2 Å². The fraction of sp³-hybridized carbons (Fsp3) is 0.444. The molecule has 6 heteroatoms. The van der Waals surface area contributed by atoms with Gasteiger partial charge in [0.05, 0.1) is 6.04 Å². The average molecular weight is 347 g/mol. The summed E-state index contributed by atoms with van der Waals surface area (Å²) in [6, 6.07) is 10.5. The smallest absolute Gasteiger partial charge is 0.318 e. The summed E-state index contributed by atoms with van der Waals surface area (Å²) in [4.78, 5) is 2.22. The molecule has 24 heavy (non-hydrogen) atoms. The van der Waals surface area contributed by atoms with Crippen molar-refractivity contribution in [3.63, 3.8) is 0 Å². The van der Waals surface area contributed by atoms with Gasteiger partial charge in [-0.3, -0.25) is 0 Å². The Kier molecular flexibility index (Phi) is 5.21. The van der Waals surface area contributed by atoms with E-state index in [9.17, 15) is 0 Å². The molecule has 4 rings (SSSR count). The van der Waals surface area contributed by atoms with Gasteiger partial charge in [-0.05, 0) is 36.7 Å². The van der Waals surface area contributed by atoms with Crippen LogP contribution in [0.1, 0.15) is 30.3 Å². The number of rotatable bonds is 4. The molecule has 2 heterocycles. The van der Waals surface area contributed by atoms with E-state index in [2.05, 4.69) is 39.4 Å². The minimum atomic E-state index is -0.259. The summed E-state index contributed by atoms with van der Waals surface area (Å²) < 4.78 is 5.87. The third-order valence-corrected chi connectivity index (χ3v) is 4.94. The zero-order valence-electron chi connectivity index (χ0n) is 13.5. The lowest BCUT2D eigenvalue weighted by Gasteiger charge is -2.17. The zero-order valence-corrected chi connectivity index (χ0v) is 14.4. The Morgan fingerprint density at radius 3 is 2.42 bits per heavy atom. The molecular formula is C18H23ClN4O. The third kappa shape index (κ3) is 3.47. The van der Waals surface area contributed by atoms with E-state index in [-0.39, 0.29) is 18.4 Å². The van der Waals surface area contributed by atoms with Gasteiger partial charge in [0, 0.05) is 13.1 Å². The van der Waals surface area contributed by atoms with Crippen molar-refractivity contribution >= 4 is 18.4 Å². The Morgan fingerprint density at radius 1 is 1.08 bits per heavy atom. The summed E-state index contributed by atoms with van der Waals surface area (Å²) in [6.45, 7) is 2.01. The molecule has 2 aliphatic rings. The highest BCUT2D eigenvalue weighted by atomic mass is 35.5. The number of hydrogen-bond acceptors (Lipinski definition) is 5. The van der Waals surface area contributed by atoms with Gasteiger partial charge in [-0.1, -0.05) is 47.6 Å². The van der Waals surface area contributed by atoms with Crippen LogP contribution in [0.5, 0.6) is 0 Å². The summed E-state index contributed by atoms with van der Waals surface area (Å²) in [5, 5.41) is 8.40. The van der Waals surface area contributed by atoms with Crippen LogP contribution >= 0.6 is 12.4 Å². The molecule has 3 atom stereocenters. The van der Waals surface area contributed by atoms with Crippen molar-refractivity contribution in [2.24, 2.45) is 17.6 Å². The van der Waals surface area contributed by atoms with Gasteiger partial charge in [0.25, 0.3) is 0 Å². The quantitative estimate of drug-likeness (QED) is 0.861. The lowest BCUT2D eigenvalue weighted by atomic mass is 9.86. The van der Waals surface area contributed by atoms with Crippen LogP contribution in [0.15, 0.2) is 46.9 Å². The molecule has 2 aromatic rings. The molecule has 0 saturated carbocycles. The van der Waals surface area contributed by atoms with Gasteiger partial charge in [-0.15, -0.1) is 17.5 Å². The first-order chi connectivity index (χ1) is 11.3. The van der Waals surface area contributed by atoms with Crippen LogP contribution in [0.25, 0.3) is 0 Å². The fourth-order valence-electron chi connectivity index (χ4n) is 3.63. The average Bonchev–Trinajstić information content (AvgIpc) is 3.22. The predicted octanol–water partition coefficient (Wildman–Crippen LogP) is 3.14. The predicted molar refractivity (Wildman–Crippen MR) is 96.2 cm³/mol. The van der Waals surface area contributed by atoms with Crippen LogP contribution < -0.4 is 10.6 Å². The largest absolute Gasteiger partial charge is 0.406 e. The first-order valence-electron chi connectivity index (χ1n) is 8.32. The molecule has 5 nitrogen and oxygen atoms in total. The highest BCUT2D eigenvalue weighted by Crippen LogP contribution is 2.35. The van der Waals surface area contributed by atoms with E-state index in [0.717, 1.165) is 25.9 Å². The molecule has 0 radical (unpaired) electrons. The summed E-state index contributed by atoms with van der Waals surface area (Å²) in [5.74, 6) is 1.96. The number of hydrogen-bond donors (Lipinski definition) is 1. The summed E-state index contributed by atoms with van der Waals surface area (Å²) in [5.41, 5.74) is 7.41. The van der Waals surface area contributed by atoms with E-state index >= 15 is 0 Å². The monoisotopic (exact) mass is 346 g/mol. The van der Waals surface area contributed by atoms with Gasteiger partial charge in [0.15, 0.2) is 0 Å². The van der Waals surface area contributed by atoms with Gasteiger partial charge < -0.3 is 15.1 Å². The minimum Gasteiger partial charge on any atom is -0.406 e. The SMILES string of the molecule is Cl.N[C@H](Cc1ccccc1)c1nnc(N2C[C@H]3CC=CC[C@H]3C2)o1. The topological polar surface area (TPSA) is 68.2 Å². The number of halogens is 1. The van der Waals surface area contributed by atoms with E-state index in [1.165, 1.54) is 5.56 Å². The van der Waals surface area contributed by atoms with Crippen LogP contribution in [0.3, 0.4) is 0 Å². The Hall–Kier alpha value is -1.85. The number of nitrogens with zero attached hydrogens (tertiary/aromatic N) is 3. The van der Waals surface area contributed by atoms with Crippen molar-refractivity contribution in [1.29, 1.82) is 0 Å². The van der Waals surface area contributed by atoms with Gasteiger partial charge in [0.1, 0.15) is 0 Å². The Morgan fingerprint density at radius 2 is 1.75 bits per heavy atom. The van der Waals surface area contributed by atoms with Gasteiger partial charge in [-0.2, -0.15) is 0 Å². The summed E-state index contributed by atoms with van der Waals surface area (Å²) >= 11 is 0. The van der Waals surface area contributed by atoms with Crippen molar-refractivity contribution in [2.45, 2.75) is 25.3 Å². The molecule has 128 valence electrons. The standard InChI is InChI=1S/C18H22N4O.ClH/c19-16(10-13-6-2-1-3-7-13)17-20-21-18(23-17)22-11-14-8-4-5-9-15(14)12-22;/h1-7,14-16H,8-12,19H2;1H/t14-,15+,16-;/m1./s1.